The van der Waals surface area contributed by atoms with Gasteiger partial charge in [0.1, 0.15) is 5.75 Å². The molecular weight excluding hydrogens is 224 g/mol. The van der Waals surface area contributed by atoms with Crippen molar-refractivity contribution in [2.75, 3.05) is 0 Å². The molecule has 0 bridgehead atoms. The van der Waals surface area contributed by atoms with Gasteiger partial charge in [-0.1, -0.05) is 70.6 Å². The zero-order chi connectivity index (χ0) is 11.4. The van der Waals surface area contributed by atoms with Crippen molar-refractivity contribution in [1.82, 2.24) is 0 Å². The molecular formula is C14H24CaO. The van der Waals surface area contributed by atoms with Gasteiger partial charge < -0.3 is 5.11 Å². The molecule has 1 rings (SSSR count). The van der Waals surface area contributed by atoms with E-state index in [1.165, 1.54) is 38.5 Å². The van der Waals surface area contributed by atoms with Crippen LogP contribution in [-0.4, -0.2) is 42.8 Å². The van der Waals surface area contributed by atoms with Crippen LogP contribution in [0, 0.1) is 0 Å². The van der Waals surface area contributed by atoms with Crippen LogP contribution >= 0.6 is 0 Å². The molecule has 16 heavy (non-hydrogen) atoms. The molecule has 0 amide bonds. The van der Waals surface area contributed by atoms with E-state index < -0.39 is 0 Å². The second-order valence-electron chi connectivity index (χ2n) is 3.75. The number of phenolic OH excluding ortho intramolecular Hbond substituents is 1. The summed E-state index contributed by atoms with van der Waals surface area (Å²) in [5, 5.41) is 8.63. The first-order chi connectivity index (χ1) is 7.31. The third kappa shape index (κ3) is 14.3. The van der Waals surface area contributed by atoms with Crippen molar-refractivity contribution in [3.63, 3.8) is 0 Å². The normalized spacial score (nSPS) is 8.62. The Balaban J connectivity index is 0. The summed E-state index contributed by atoms with van der Waals surface area (Å²) in [7, 11) is 0. The van der Waals surface area contributed by atoms with Crippen molar-refractivity contribution in [3.05, 3.63) is 30.3 Å². The average molecular weight is 248 g/mol. The fraction of sp³-hybridized carbons (Fsp3) is 0.571. The van der Waals surface area contributed by atoms with Crippen molar-refractivity contribution in [2.45, 2.75) is 52.4 Å². The monoisotopic (exact) mass is 248 g/mol. The van der Waals surface area contributed by atoms with E-state index in [0.717, 1.165) is 0 Å². The maximum atomic E-state index is 8.63. The Hall–Kier alpha value is 0.280. The van der Waals surface area contributed by atoms with E-state index in [-0.39, 0.29) is 37.7 Å². The Bertz CT molecular complexity index is 205. The molecule has 2 heteroatoms. The quantitative estimate of drug-likeness (QED) is 0.605. The van der Waals surface area contributed by atoms with Gasteiger partial charge in [-0.15, -0.1) is 0 Å². The molecule has 0 aliphatic heterocycles. The third-order valence-electron chi connectivity index (χ3n) is 2.21. The summed E-state index contributed by atoms with van der Waals surface area (Å²) in [6.45, 7) is 4.51. The summed E-state index contributed by atoms with van der Waals surface area (Å²) in [4.78, 5) is 0. The molecule has 0 atom stereocenters. The summed E-state index contributed by atoms with van der Waals surface area (Å²) in [6.07, 6.45) is 8.49. The van der Waals surface area contributed by atoms with Gasteiger partial charge in [-0.3, -0.25) is 0 Å². The van der Waals surface area contributed by atoms with Crippen LogP contribution in [0.3, 0.4) is 0 Å². The summed E-state index contributed by atoms with van der Waals surface area (Å²) < 4.78 is 0. The van der Waals surface area contributed by atoms with Crippen LogP contribution in [0.4, 0.5) is 0 Å². The Morgan fingerprint density at radius 1 is 0.812 bits per heavy atom. The van der Waals surface area contributed by atoms with Crippen LogP contribution in [0.2, 0.25) is 0 Å². The van der Waals surface area contributed by atoms with Crippen molar-refractivity contribution >= 4 is 37.7 Å². The van der Waals surface area contributed by atoms with Crippen LogP contribution in [0.15, 0.2) is 30.3 Å². The SMILES string of the molecule is CCCCCCCC.Oc1ccccc1.[Ca]. The van der Waals surface area contributed by atoms with Gasteiger partial charge in [-0.05, 0) is 12.1 Å². The minimum atomic E-state index is 0. The summed E-state index contributed by atoms with van der Waals surface area (Å²) in [5.74, 6) is 0.322. The fourth-order valence-corrected chi connectivity index (χ4v) is 1.28. The zero-order valence-corrected chi connectivity index (χ0v) is 13.0. The number of hydrogen-bond acceptors (Lipinski definition) is 1. The van der Waals surface area contributed by atoms with Gasteiger partial charge >= 0.3 is 0 Å². The first kappa shape index (κ1) is 18.6. The Morgan fingerprint density at radius 3 is 1.50 bits per heavy atom. The number of aromatic hydroxyl groups is 1. The second-order valence-corrected chi connectivity index (χ2v) is 3.75. The standard InChI is InChI=1S/C8H18.C6H6O.Ca/c1-3-5-7-8-6-4-2;7-6-4-2-1-3-5-6;/h3-8H2,1-2H3;1-5,7H;. The molecule has 0 saturated carbocycles. The van der Waals surface area contributed by atoms with Crippen LogP contribution < -0.4 is 0 Å². The maximum absolute atomic E-state index is 8.63. The summed E-state index contributed by atoms with van der Waals surface area (Å²) in [5.41, 5.74) is 0. The van der Waals surface area contributed by atoms with Crippen molar-refractivity contribution in [2.24, 2.45) is 0 Å². The minimum absolute atomic E-state index is 0. The third-order valence-corrected chi connectivity index (χ3v) is 2.21. The molecule has 0 aromatic heterocycles. The second kappa shape index (κ2) is 15.3. The van der Waals surface area contributed by atoms with Gasteiger partial charge in [0.15, 0.2) is 0 Å². The minimum Gasteiger partial charge on any atom is -0.508 e. The smallest absolute Gasteiger partial charge is 0.115 e. The molecule has 0 heterocycles. The predicted molar refractivity (Wildman–Crippen MR) is 72.9 cm³/mol. The molecule has 0 fully saturated rings. The first-order valence-corrected chi connectivity index (χ1v) is 6.05. The Kier molecular flexibility index (Phi) is 17.8. The number of rotatable bonds is 5. The van der Waals surface area contributed by atoms with E-state index in [1.807, 2.05) is 6.07 Å². The van der Waals surface area contributed by atoms with Gasteiger partial charge in [0.25, 0.3) is 0 Å². The largest absolute Gasteiger partial charge is 0.508 e. The van der Waals surface area contributed by atoms with Crippen LogP contribution in [0.1, 0.15) is 52.4 Å². The molecule has 0 aliphatic carbocycles. The molecule has 2 radical (unpaired) electrons. The molecule has 0 aliphatic rings. The van der Waals surface area contributed by atoms with Crippen molar-refractivity contribution < 1.29 is 5.11 Å². The molecule has 0 saturated heterocycles. The van der Waals surface area contributed by atoms with Crippen LogP contribution in [-0.2, 0) is 0 Å². The number of para-hydroxylation sites is 1. The predicted octanol–water partition coefficient (Wildman–Crippen LogP) is 4.38. The summed E-state index contributed by atoms with van der Waals surface area (Å²) in [6, 6.07) is 8.71. The molecule has 88 valence electrons. The molecule has 1 aromatic rings. The van der Waals surface area contributed by atoms with Crippen LogP contribution in [0.25, 0.3) is 0 Å². The van der Waals surface area contributed by atoms with E-state index in [0.29, 0.717) is 5.75 Å². The number of hydrogen-bond donors (Lipinski definition) is 1. The fourth-order valence-electron chi connectivity index (χ4n) is 1.28. The topological polar surface area (TPSA) is 20.2 Å². The molecule has 0 unspecified atom stereocenters. The zero-order valence-electron chi connectivity index (χ0n) is 10.8. The molecule has 1 aromatic carbocycles. The molecule has 0 spiro atoms. The van der Waals surface area contributed by atoms with E-state index in [1.54, 1.807) is 24.3 Å². The summed E-state index contributed by atoms with van der Waals surface area (Å²) >= 11 is 0. The van der Waals surface area contributed by atoms with Gasteiger partial charge in [-0.2, -0.15) is 0 Å². The Labute approximate surface area is 130 Å². The van der Waals surface area contributed by atoms with Crippen LogP contribution in [0.5, 0.6) is 5.75 Å². The Morgan fingerprint density at radius 2 is 1.25 bits per heavy atom. The van der Waals surface area contributed by atoms with E-state index in [9.17, 15) is 0 Å². The average Bonchev–Trinajstić information content (AvgIpc) is 2.27. The van der Waals surface area contributed by atoms with Crippen molar-refractivity contribution in [3.8, 4) is 5.75 Å². The van der Waals surface area contributed by atoms with Gasteiger partial charge in [0.05, 0.1) is 0 Å². The molecule has 1 nitrogen and oxygen atoms in total. The van der Waals surface area contributed by atoms with E-state index in [4.69, 9.17) is 5.11 Å². The maximum Gasteiger partial charge on any atom is 0.115 e. The van der Waals surface area contributed by atoms with Crippen molar-refractivity contribution in [1.29, 1.82) is 0 Å². The van der Waals surface area contributed by atoms with Gasteiger partial charge in [0, 0.05) is 37.7 Å². The van der Waals surface area contributed by atoms with Gasteiger partial charge in [-0.25, -0.2) is 0 Å². The van der Waals surface area contributed by atoms with E-state index >= 15 is 0 Å². The van der Waals surface area contributed by atoms with Gasteiger partial charge in [0.2, 0.25) is 0 Å². The number of phenols is 1. The first-order valence-electron chi connectivity index (χ1n) is 6.05. The number of benzene rings is 1. The number of unbranched alkanes of at least 4 members (excludes halogenated alkanes) is 5. The molecule has 1 N–H and O–H groups in total. The van der Waals surface area contributed by atoms with E-state index in [2.05, 4.69) is 13.8 Å².